The van der Waals surface area contributed by atoms with Crippen molar-refractivity contribution >= 4 is 28.6 Å². The molecule has 4 aromatic rings. The molecule has 0 spiro atoms. The largest absolute Gasteiger partial charge is 0.494 e. The number of aromatic carboxylic acids is 1. The van der Waals surface area contributed by atoms with E-state index in [0.717, 1.165) is 18.6 Å². The highest BCUT2D eigenvalue weighted by atomic mass is 35.5. The Balaban J connectivity index is 1.33. The Morgan fingerprint density at radius 2 is 1.96 bits per heavy atom. The van der Waals surface area contributed by atoms with E-state index in [-0.39, 0.29) is 34.0 Å². The van der Waals surface area contributed by atoms with Crippen LogP contribution in [0.4, 0.5) is 17.6 Å². The molecule has 13 heteroatoms. The second-order valence-corrected chi connectivity index (χ2v) is 11.7. The number of alkyl halides is 3. The summed E-state index contributed by atoms with van der Waals surface area (Å²) in [7, 11) is 1.45. The van der Waals surface area contributed by atoms with E-state index in [0.29, 0.717) is 66.4 Å². The minimum atomic E-state index is -4.68. The van der Waals surface area contributed by atoms with Crippen LogP contribution >= 0.6 is 11.6 Å². The predicted molar refractivity (Wildman–Crippen MR) is 157 cm³/mol. The molecule has 1 aromatic heterocycles. The molecule has 2 aliphatic heterocycles. The van der Waals surface area contributed by atoms with Gasteiger partial charge in [0.2, 0.25) is 0 Å². The van der Waals surface area contributed by atoms with Gasteiger partial charge in [0.25, 0.3) is 0 Å². The van der Waals surface area contributed by atoms with Gasteiger partial charge in [-0.05, 0) is 67.3 Å². The molecule has 0 amide bonds. The Kier molecular flexibility index (Phi) is 8.40. The monoisotopic (exact) mass is 647 g/mol. The van der Waals surface area contributed by atoms with Crippen LogP contribution in [0.3, 0.4) is 0 Å². The van der Waals surface area contributed by atoms with Gasteiger partial charge < -0.3 is 23.9 Å². The van der Waals surface area contributed by atoms with E-state index in [1.54, 1.807) is 6.07 Å². The number of ether oxygens (including phenoxy) is 3. The van der Waals surface area contributed by atoms with Crippen molar-refractivity contribution in [2.75, 3.05) is 20.3 Å². The number of fused-ring (bicyclic) bond motifs is 2. The van der Waals surface area contributed by atoms with Crippen molar-refractivity contribution in [2.24, 2.45) is 0 Å². The summed E-state index contributed by atoms with van der Waals surface area (Å²) in [5.74, 6) is -1.17. The smallest absolute Gasteiger partial charge is 0.419 e. The zero-order chi connectivity index (χ0) is 32.0. The predicted octanol–water partition coefficient (Wildman–Crippen LogP) is 7.04. The Morgan fingerprint density at radius 3 is 2.60 bits per heavy atom. The highest BCUT2D eigenvalue weighted by molar-refractivity contribution is 6.30. The fraction of sp³-hybridized carbons (Fsp3) is 0.375. The first kappa shape index (κ1) is 31.1. The summed E-state index contributed by atoms with van der Waals surface area (Å²) in [6, 6.07) is 9.10. The van der Waals surface area contributed by atoms with Gasteiger partial charge in [0, 0.05) is 29.8 Å². The summed E-state index contributed by atoms with van der Waals surface area (Å²) in [5, 5.41) is 9.86. The molecule has 2 atom stereocenters. The molecule has 6 rings (SSSR count). The van der Waals surface area contributed by atoms with Crippen molar-refractivity contribution in [3.05, 3.63) is 86.9 Å². The molecule has 45 heavy (non-hydrogen) atoms. The van der Waals surface area contributed by atoms with Gasteiger partial charge in [-0.2, -0.15) is 13.2 Å². The van der Waals surface area contributed by atoms with E-state index in [1.165, 1.54) is 31.4 Å². The summed E-state index contributed by atoms with van der Waals surface area (Å²) in [5.41, 5.74) is 1.56. The van der Waals surface area contributed by atoms with Crippen LogP contribution in [0.25, 0.3) is 11.0 Å². The average molecular weight is 648 g/mol. The lowest BCUT2D eigenvalue weighted by Gasteiger charge is -2.36. The molecule has 1 saturated heterocycles. The lowest BCUT2D eigenvalue weighted by Crippen LogP contribution is -2.36. The van der Waals surface area contributed by atoms with Crippen LogP contribution in [-0.2, 0) is 37.0 Å². The second kappa shape index (κ2) is 12.1. The Morgan fingerprint density at radius 1 is 1.18 bits per heavy atom. The number of methoxy groups -OCH3 is 1. The molecule has 3 heterocycles. The van der Waals surface area contributed by atoms with Crippen molar-refractivity contribution in [3.63, 3.8) is 0 Å². The first-order valence-corrected chi connectivity index (χ1v) is 14.8. The molecule has 1 fully saturated rings. The van der Waals surface area contributed by atoms with Crippen molar-refractivity contribution < 1.29 is 41.7 Å². The quantitative estimate of drug-likeness (QED) is 0.195. The number of nitrogens with zero attached hydrogens (tertiary/aromatic N) is 3. The van der Waals surface area contributed by atoms with E-state index < -0.39 is 30.1 Å². The molecule has 0 saturated carbocycles. The number of imidazole rings is 1. The van der Waals surface area contributed by atoms with Crippen LogP contribution in [-0.4, -0.2) is 51.9 Å². The number of carbonyl (C=O) groups is 1. The van der Waals surface area contributed by atoms with Crippen LogP contribution in [0.1, 0.15) is 57.8 Å². The maximum Gasteiger partial charge on any atom is 0.419 e. The maximum absolute atomic E-state index is 14.4. The molecule has 3 aromatic carbocycles. The molecule has 2 aliphatic rings. The molecule has 1 N–H and O–H groups in total. The molecule has 8 nitrogen and oxygen atoms in total. The fourth-order valence-corrected chi connectivity index (χ4v) is 6.07. The van der Waals surface area contributed by atoms with Crippen LogP contribution in [0, 0.1) is 5.82 Å². The van der Waals surface area contributed by atoms with Crippen molar-refractivity contribution in [3.8, 4) is 11.5 Å². The molecule has 238 valence electrons. The van der Waals surface area contributed by atoms with Gasteiger partial charge in [-0.25, -0.2) is 14.2 Å². The van der Waals surface area contributed by atoms with Crippen molar-refractivity contribution in [1.82, 2.24) is 14.5 Å². The third-order valence-corrected chi connectivity index (χ3v) is 8.74. The van der Waals surface area contributed by atoms with E-state index in [2.05, 4.69) is 4.90 Å². The molecular formula is C32H30ClF4N3O5. The van der Waals surface area contributed by atoms with Gasteiger partial charge >= 0.3 is 12.1 Å². The SMILES string of the molecule is COc1cc(C(=O)O)cc2c1nc(CN1CCc3cc(C(F)(F)F)c(OCc4ccc(Cl)cc4F)cc3[C@@H]1C)n2C[C@@H]1CCO1. The molecular weight excluding hydrogens is 618 g/mol. The van der Waals surface area contributed by atoms with Gasteiger partial charge in [-0.3, -0.25) is 4.90 Å². The Hall–Kier alpha value is -3.87. The van der Waals surface area contributed by atoms with Gasteiger partial charge in [0.1, 0.15) is 35.3 Å². The summed E-state index contributed by atoms with van der Waals surface area (Å²) < 4.78 is 75.4. The normalized spacial score (nSPS) is 18.5. The lowest BCUT2D eigenvalue weighted by atomic mass is 9.91. The Labute approximate surface area is 261 Å². The number of rotatable bonds is 9. The highest BCUT2D eigenvalue weighted by Crippen LogP contribution is 2.42. The van der Waals surface area contributed by atoms with Gasteiger partial charge in [0.05, 0.1) is 42.9 Å². The molecule has 0 unspecified atom stereocenters. The lowest BCUT2D eigenvalue weighted by molar-refractivity contribution is -0.139. The highest BCUT2D eigenvalue weighted by Gasteiger charge is 2.37. The third-order valence-electron chi connectivity index (χ3n) is 8.50. The number of halogens is 5. The second-order valence-electron chi connectivity index (χ2n) is 11.2. The summed E-state index contributed by atoms with van der Waals surface area (Å²) in [6.45, 7) is 3.40. The molecule has 0 bridgehead atoms. The number of hydrogen-bond donors (Lipinski definition) is 1. The van der Waals surface area contributed by atoms with Crippen LogP contribution in [0.15, 0.2) is 42.5 Å². The topological polar surface area (TPSA) is 86.0 Å². The Bertz CT molecular complexity index is 1770. The van der Waals surface area contributed by atoms with Crippen molar-refractivity contribution in [2.45, 2.75) is 57.8 Å². The molecule has 0 aliphatic carbocycles. The summed E-state index contributed by atoms with van der Waals surface area (Å²) in [4.78, 5) is 18.8. The van der Waals surface area contributed by atoms with Gasteiger partial charge in [-0.1, -0.05) is 17.7 Å². The third kappa shape index (κ3) is 6.18. The van der Waals surface area contributed by atoms with E-state index in [1.807, 2.05) is 11.5 Å². The van der Waals surface area contributed by atoms with Gasteiger partial charge in [-0.15, -0.1) is 0 Å². The number of carboxylic acids is 1. The minimum absolute atomic E-state index is 0.0499. The number of hydrogen-bond acceptors (Lipinski definition) is 6. The summed E-state index contributed by atoms with van der Waals surface area (Å²) >= 11 is 5.81. The van der Waals surface area contributed by atoms with E-state index in [4.69, 9.17) is 30.8 Å². The van der Waals surface area contributed by atoms with E-state index >= 15 is 0 Å². The first-order chi connectivity index (χ1) is 21.4. The average Bonchev–Trinajstić information content (AvgIpc) is 3.31. The van der Waals surface area contributed by atoms with E-state index in [9.17, 15) is 27.5 Å². The zero-order valence-corrected chi connectivity index (χ0v) is 25.2. The van der Waals surface area contributed by atoms with Gasteiger partial charge in [0.15, 0.2) is 0 Å². The number of carboxylic acid groups (broad SMARTS) is 1. The van der Waals surface area contributed by atoms with Crippen molar-refractivity contribution in [1.29, 1.82) is 0 Å². The zero-order valence-electron chi connectivity index (χ0n) is 24.5. The minimum Gasteiger partial charge on any atom is -0.494 e. The standard InChI is InChI=1S/C32H30ClF4N3O5/c1-17-23-13-27(45-16-19-3-4-21(33)12-25(19)34)24(32(35,36)37)9-18(23)5-7-39(17)15-29-38-30-26(40(29)14-22-6-8-44-22)10-20(31(41)42)11-28(30)43-2/h3-4,9-13,17,22H,5-8,14-16H2,1-2H3,(H,41,42)/t17-,22-/m0/s1. The van der Waals surface area contributed by atoms with Crippen LogP contribution in [0.2, 0.25) is 5.02 Å². The fourth-order valence-electron chi connectivity index (χ4n) is 5.91. The first-order valence-electron chi connectivity index (χ1n) is 14.4. The summed E-state index contributed by atoms with van der Waals surface area (Å²) in [6.07, 6.45) is -3.52. The maximum atomic E-state index is 14.4. The van der Waals surface area contributed by atoms with Crippen LogP contribution < -0.4 is 9.47 Å². The van der Waals surface area contributed by atoms with Crippen LogP contribution in [0.5, 0.6) is 11.5 Å². The molecule has 0 radical (unpaired) electrons. The number of benzene rings is 3. The number of aromatic nitrogens is 2.